The zero-order chi connectivity index (χ0) is 15.5. The van der Waals surface area contributed by atoms with Crippen LogP contribution in [0.25, 0.3) is 10.8 Å². The van der Waals surface area contributed by atoms with Crippen molar-refractivity contribution in [1.29, 1.82) is 0 Å². The normalized spacial score (nSPS) is 10.6. The van der Waals surface area contributed by atoms with E-state index < -0.39 is 5.82 Å². The standard InChI is InChI=1S/C16H12FN3O2/c17-11-7-5-10(6-8-11)15(21)18-9-14-12-3-1-2-4-13(12)16(22)20-19-14/h1-8H,9H2,(H,18,21)(H,20,22). The summed E-state index contributed by atoms with van der Waals surface area (Å²) in [5.74, 6) is -0.734. The maximum Gasteiger partial charge on any atom is 0.272 e. The molecule has 0 fully saturated rings. The van der Waals surface area contributed by atoms with Crippen LogP contribution in [0.5, 0.6) is 0 Å². The summed E-state index contributed by atoms with van der Waals surface area (Å²) in [5, 5.41) is 10.3. The SMILES string of the molecule is O=C(NCc1n[nH]c(=O)c2ccccc12)c1ccc(F)cc1. The van der Waals surface area contributed by atoms with E-state index in [1.165, 1.54) is 24.3 Å². The molecule has 0 saturated carbocycles. The summed E-state index contributed by atoms with van der Waals surface area (Å²) in [5.41, 5.74) is 0.644. The monoisotopic (exact) mass is 297 g/mol. The van der Waals surface area contributed by atoms with E-state index in [9.17, 15) is 14.0 Å². The molecule has 0 unspecified atom stereocenters. The second-order valence-electron chi connectivity index (χ2n) is 4.73. The Balaban J connectivity index is 1.82. The van der Waals surface area contributed by atoms with Crippen molar-refractivity contribution in [2.45, 2.75) is 6.54 Å². The summed E-state index contributed by atoms with van der Waals surface area (Å²) in [6.07, 6.45) is 0. The lowest BCUT2D eigenvalue weighted by atomic mass is 10.1. The zero-order valence-electron chi connectivity index (χ0n) is 11.5. The van der Waals surface area contributed by atoms with E-state index >= 15 is 0 Å². The molecule has 110 valence electrons. The number of hydrogen-bond donors (Lipinski definition) is 2. The van der Waals surface area contributed by atoms with Gasteiger partial charge < -0.3 is 5.32 Å². The van der Waals surface area contributed by atoms with Crippen LogP contribution in [-0.4, -0.2) is 16.1 Å². The van der Waals surface area contributed by atoms with E-state index in [2.05, 4.69) is 15.5 Å². The van der Waals surface area contributed by atoms with Gasteiger partial charge in [0.05, 0.1) is 17.6 Å². The van der Waals surface area contributed by atoms with Gasteiger partial charge in [-0.05, 0) is 30.3 Å². The highest BCUT2D eigenvalue weighted by Gasteiger charge is 2.09. The number of rotatable bonds is 3. The maximum absolute atomic E-state index is 12.8. The summed E-state index contributed by atoms with van der Waals surface area (Å²) in [4.78, 5) is 23.7. The number of H-pyrrole nitrogens is 1. The highest BCUT2D eigenvalue weighted by atomic mass is 19.1. The average molecular weight is 297 g/mol. The van der Waals surface area contributed by atoms with Crippen molar-refractivity contribution in [3.05, 3.63) is 76.0 Å². The topological polar surface area (TPSA) is 74.8 Å². The van der Waals surface area contributed by atoms with Crippen molar-refractivity contribution in [1.82, 2.24) is 15.5 Å². The Morgan fingerprint density at radius 3 is 2.50 bits per heavy atom. The van der Waals surface area contributed by atoms with Crippen molar-refractivity contribution >= 4 is 16.7 Å². The molecule has 5 nitrogen and oxygen atoms in total. The minimum absolute atomic E-state index is 0.160. The number of halogens is 1. The molecule has 1 aromatic heterocycles. The molecular formula is C16H12FN3O2. The molecule has 0 aliphatic rings. The number of aromatic nitrogens is 2. The van der Waals surface area contributed by atoms with Crippen molar-refractivity contribution in [3.8, 4) is 0 Å². The highest BCUT2D eigenvalue weighted by molar-refractivity contribution is 5.94. The van der Waals surface area contributed by atoms with E-state index in [4.69, 9.17) is 0 Å². The number of fused-ring (bicyclic) bond motifs is 1. The van der Waals surface area contributed by atoms with Gasteiger partial charge >= 0.3 is 0 Å². The Bertz CT molecular complexity index is 888. The summed E-state index contributed by atoms with van der Waals surface area (Å²) in [6.45, 7) is 0.160. The number of hydrogen-bond acceptors (Lipinski definition) is 3. The van der Waals surface area contributed by atoms with E-state index in [1.54, 1.807) is 24.3 Å². The van der Waals surface area contributed by atoms with Crippen molar-refractivity contribution < 1.29 is 9.18 Å². The predicted octanol–water partition coefficient (Wildman–Crippen LogP) is 1.99. The number of aromatic amines is 1. The summed E-state index contributed by atoms with van der Waals surface area (Å²) < 4.78 is 12.8. The third-order valence-electron chi connectivity index (χ3n) is 3.30. The van der Waals surface area contributed by atoms with Gasteiger partial charge in [-0.3, -0.25) is 9.59 Å². The van der Waals surface area contributed by atoms with E-state index in [0.717, 1.165) is 0 Å². The maximum atomic E-state index is 12.8. The number of amides is 1. The van der Waals surface area contributed by atoms with Gasteiger partial charge in [-0.15, -0.1) is 0 Å². The van der Waals surface area contributed by atoms with E-state index in [1.807, 2.05) is 0 Å². The molecule has 2 aromatic carbocycles. The third-order valence-corrected chi connectivity index (χ3v) is 3.30. The third kappa shape index (κ3) is 2.71. The number of nitrogens with one attached hydrogen (secondary N) is 2. The van der Waals surface area contributed by atoms with Crippen LogP contribution in [0, 0.1) is 5.82 Å². The summed E-state index contributed by atoms with van der Waals surface area (Å²) in [6, 6.07) is 12.3. The average Bonchev–Trinajstić information content (AvgIpc) is 2.55. The van der Waals surface area contributed by atoms with Crippen LogP contribution in [-0.2, 0) is 6.54 Å². The number of carbonyl (C=O) groups excluding carboxylic acids is 1. The molecule has 0 saturated heterocycles. The molecule has 0 spiro atoms. The van der Waals surface area contributed by atoms with Crippen LogP contribution in [0.2, 0.25) is 0 Å². The zero-order valence-corrected chi connectivity index (χ0v) is 11.5. The Hall–Kier alpha value is -3.02. The van der Waals surface area contributed by atoms with Gasteiger partial charge in [0, 0.05) is 10.9 Å². The second kappa shape index (κ2) is 5.77. The van der Waals surface area contributed by atoms with Gasteiger partial charge in [0.25, 0.3) is 11.5 Å². The molecule has 0 aliphatic carbocycles. The van der Waals surface area contributed by atoms with Crippen molar-refractivity contribution in [3.63, 3.8) is 0 Å². The lowest BCUT2D eigenvalue weighted by Gasteiger charge is -2.07. The fourth-order valence-corrected chi connectivity index (χ4v) is 2.17. The van der Waals surface area contributed by atoms with Crippen LogP contribution in [0.15, 0.2) is 53.3 Å². The Labute approximate surface area is 124 Å². The summed E-state index contributed by atoms with van der Waals surface area (Å²) in [7, 11) is 0. The molecular weight excluding hydrogens is 285 g/mol. The van der Waals surface area contributed by atoms with Crippen LogP contribution < -0.4 is 10.9 Å². The minimum atomic E-state index is -0.398. The van der Waals surface area contributed by atoms with Gasteiger partial charge in [0.15, 0.2) is 0 Å². The highest BCUT2D eigenvalue weighted by Crippen LogP contribution is 2.12. The first-order valence-corrected chi connectivity index (χ1v) is 6.65. The van der Waals surface area contributed by atoms with Gasteiger partial charge in [-0.2, -0.15) is 5.10 Å². The number of benzene rings is 2. The largest absolute Gasteiger partial charge is 0.346 e. The quantitative estimate of drug-likeness (QED) is 0.776. The Morgan fingerprint density at radius 2 is 1.77 bits per heavy atom. The Kier molecular flexibility index (Phi) is 3.65. The molecule has 6 heteroatoms. The van der Waals surface area contributed by atoms with E-state index in [0.29, 0.717) is 22.0 Å². The van der Waals surface area contributed by atoms with Gasteiger partial charge in [0.1, 0.15) is 5.82 Å². The Morgan fingerprint density at radius 1 is 1.09 bits per heavy atom. The lowest BCUT2D eigenvalue weighted by Crippen LogP contribution is -2.24. The van der Waals surface area contributed by atoms with Crippen LogP contribution in [0.3, 0.4) is 0 Å². The van der Waals surface area contributed by atoms with Crippen LogP contribution in [0.4, 0.5) is 4.39 Å². The van der Waals surface area contributed by atoms with Gasteiger partial charge in [0.2, 0.25) is 0 Å². The van der Waals surface area contributed by atoms with Crippen molar-refractivity contribution in [2.75, 3.05) is 0 Å². The first kappa shape index (κ1) is 13.9. The number of nitrogens with zero attached hydrogens (tertiary/aromatic N) is 1. The molecule has 0 aliphatic heterocycles. The molecule has 1 amide bonds. The minimum Gasteiger partial charge on any atom is -0.346 e. The fourth-order valence-electron chi connectivity index (χ4n) is 2.17. The van der Waals surface area contributed by atoms with Gasteiger partial charge in [-0.1, -0.05) is 18.2 Å². The van der Waals surface area contributed by atoms with E-state index in [-0.39, 0.29) is 18.0 Å². The predicted molar refractivity (Wildman–Crippen MR) is 79.9 cm³/mol. The van der Waals surface area contributed by atoms with Crippen LogP contribution in [0.1, 0.15) is 16.1 Å². The molecule has 2 N–H and O–H groups in total. The van der Waals surface area contributed by atoms with Gasteiger partial charge in [-0.25, -0.2) is 9.49 Å². The first-order valence-electron chi connectivity index (χ1n) is 6.65. The molecule has 3 rings (SSSR count). The fraction of sp³-hybridized carbons (Fsp3) is 0.0625. The number of carbonyl (C=O) groups is 1. The molecule has 22 heavy (non-hydrogen) atoms. The lowest BCUT2D eigenvalue weighted by molar-refractivity contribution is 0.0950. The molecule has 3 aromatic rings. The molecule has 0 radical (unpaired) electrons. The van der Waals surface area contributed by atoms with Crippen molar-refractivity contribution in [2.24, 2.45) is 0 Å². The smallest absolute Gasteiger partial charge is 0.272 e. The summed E-state index contributed by atoms with van der Waals surface area (Å²) >= 11 is 0. The molecule has 1 heterocycles. The second-order valence-corrected chi connectivity index (χ2v) is 4.73. The molecule has 0 atom stereocenters. The van der Waals surface area contributed by atoms with Crippen LogP contribution >= 0.6 is 0 Å². The molecule has 0 bridgehead atoms. The first-order chi connectivity index (χ1) is 10.6.